The standard InChI is InChI=1S/C7H4Cl2N2O3.C4H5NO/c8-3-1-2(7(13)14)4(6(10)12)5(9)11-3;1-4-2-3-5-6-4/h1H,(H2,10,12)(H,13,14);2-3H,1H3. The van der Waals surface area contributed by atoms with Crippen LogP contribution in [0.15, 0.2) is 22.9 Å². The Balaban J connectivity index is 0.000000276. The van der Waals surface area contributed by atoms with Gasteiger partial charge >= 0.3 is 5.97 Å². The molecule has 0 aliphatic carbocycles. The van der Waals surface area contributed by atoms with Crippen LogP contribution in [0, 0.1) is 6.92 Å². The summed E-state index contributed by atoms with van der Waals surface area (Å²) < 4.78 is 4.58. The van der Waals surface area contributed by atoms with E-state index in [9.17, 15) is 9.59 Å². The van der Waals surface area contributed by atoms with Gasteiger partial charge in [-0.3, -0.25) is 4.79 Å². The summed E-state index contributed by atoms with van der Waals surface area (Å²) in [5.41, 5.74) is 4.23. The van der Waals surface area contributed by atoms with Crippen LogP contribution in [0.4, 0.5) is 0 Å². The lowest BCUT2D eigenvalue weighted by atomic mass is 10.1. The van der Waals surface area contributed by atoms with Gasteiger partial charge in [-0.15, -0.1) is 0 Å². The van der Waals surface area contributed by atoms with E-state index >= 15 is 0 Å². The van der Waals surface area contributed by atoms with Crippen LogP contribution in [0.2, 0.25) is 10.3 Å². The van der Waals surface area contributed by atoms with Crippen molar-refractivity contribution >= 4 is 35.1 Å². The number of carbonyl (C=O) groups is 2. The molecule has 1 amide bonds. The molecule has 0 fully saturated rings. The molecule has 0 unspecified atom stereocenters. The number of hydrogen-bond acceptors (Lipinski definition) is 5. The second-order valence-corrected chi connectivity index (χ2v) is 4.20. The predicted molar refractivity (Wildman–Crippen MR) is 71.0 cm³/mol. The minimum atomic E-state index is -1.34. The Morgan fingerprint density at radius 3 is 2.40 bits per heavy atom. The van der Waals surface area contributed by atoms with Crippen molar-refractivity contribution in [1.29, 1.82) is 0 Å². The largest absolute Gasteiger partial charge is 0.478 e. The van der Waals surface area contributed by atoms with Crippen LogP contribution in [0.25, 0.3) is 0 Å². The molecule has 9 heteroatoms. The van der Waals surface area contributed by atoms with Crippen molar-refractivity contribution in [2.24, 2.45) is 5.73 Å². The molecule has 2 aromatic heterocycles. The summed E-state index contributed by atoms with van der Waals surface area (Å²) in [6, 6.07) is 2.82. The summed E-state index contributed by atoms with van der Waals surface area (Å²) in [5, 5.41) is 11.7. The summed E-state index contributed by atoms with van der Waals surface area (Å²) in [6.07, 6.45) is 1.62. The maximum absolute atomic E-state index is 10.8. The average molecular weight is 318 g/mol. The number of nitrogens with two attached hydrogens (primary N) is 1. The Hall–Kier alpha value is -2.12. The molecule has 2 rings (SSSR count). The van der Waals surface area contributed by atoms with Crippen LogP contribution in [0.3, 0.4) is 0 Å². The number of hydrogen-bond donors (Lipinski definition) is 2. The van der Waals surface area contributed by atoms with Crippen molar-refractivity contribution in [1.82, 2.24) is 10.1 Å². The molecular weight excluding hydrogens is 309 g/mol. The Morgan fingerprint density at radius 1 is 1.40 bits per heavy atom. The molecule has 0 aliphatic heterocycles. The third kappa shape index (κ3) is 4.22. The van der Waals surface area contributed by atoms with E-state index in [-0.39, 0.29) is 21.4 Å². The second kappa shape index (κ2) is 6.88. The molecule has 106 valence electrons. The molecular formula is C11H9Cl2N3O4. The maximum atomic E-state index is 10.8. The summed E-state index contributed by atoms with van der Waals surface area (Å²) in [7, 11) is 0. The highest BCUT2D eigenvalue weighted by atomic mass is 35.5. The number of rotatable bonds is 2. The quantitative estimate of drug-likeness (QED) is 0.819. The molecule has 0 saturated heterocycles. The fourth-order valence-electron chi connectivity index (χ4n) is 1.17. The molecule has 0 saturated carbocycles. The van der Waals surface area contributed by atoms with Crippen LogP contribution in [-0.2, 0) is 0 Å². The van der Waals surface area contributed by atoms with Crippen molar-refractivity contribution in [3.05, 3.63) is 45.5 Å². The first kappa shape index (κ1) is 15.9. The van der Waals surface area contributed by atoms with Gasteiger partial charge in [0.25, 0.3) is 5.91 Å². The van der Waals surface area contributed by atoms with Crippen molar-refractivity contribution in [2.75, 3.05) is 0 Å². The second-order valence-electron chi connectivity index (χ2n) is 3.45. The van der Waals surface area contributed by atoms with Crippen molar-refractivity contribution < 1.29 is 19.2 Å². The molecule has 20 heavy (non-hydrogen) atoms. The summed E-state index contributed by atoms with van der Waals surface area (Å²) in [6.45, 7) is 1.85. The fraction of sp³-hybridized carbons (Fsp3) is 0.0909. The minimum absolute atomic E-state index is 0.114. The van der Waals surface area contributed by atoms with Gasteiger partial charge in [0.2, 0.25) is 0 Å². The highest BCUT2D eigenvalue weighted by Crippen LogP contribution is 2.21. The topological polar surface area (TPSA) is 119 Å². The van der Waals surface area contributed by atoms with E-state index in [1.54, 1.807) is 12.3 Å². The molecule has 0 aromatic carbocycles. The van der Waals surface area contributed by atoms with Crippen LogP contribution in [0.1, 0.15) is 26.5 Å². The molecule has 3 N–H and O–H groups in total. The zero-order valence-corrected chi connectivity index (χ0v) is 11.6. The number of aryl methyl sites for hydroxylation is 1. The first-order chi connectivity index (χ1) is 9.32. The number of carboxylic acid groups (broad SMARTS) is 1. The number of carbonyl (C=O) groups excluding carboxylic acids is 1. The van der Waals surface area contributed by atoms with Gasteiger partial charge in [0.05, 0.1) is 17.3 Å². The monoisotopic (exact) mass is 317 g/mol. The molecule has 2 heterocycles. The lowest BCUT2D eigenvalue weighted by Gasteiger charge is -2.03. The first-order valence-electron chi connectivity index (χ1n) is 5.09. The summed E-state index contributed by atoms with van der Waals surface area (Å²) in [4.78, 5) is 25.0. The number of amides is 1. The number of halogens is 2. The van der Waals surface area contributed by atoms with E-state index in [0.717, 1.165) is 11.8 Å². The molecule has 0 atom stereocenters. The lowest BCUT2D eigenvalue weighted by Crippen LogP contribution is -2.17. The third-order valence-electron chi connectivity index (χ3n) is 1.99. The minimum Gasteiger partial charge on any atom is -0.478 e. The van der Waals surface area contributed by atoms with E-state index in [4.69, 9.17) is 34.0 Å². The molecule has 7 nitrogen and oxygen atoms in total. The smallest absolute Gasteiger partial charge is 0.336 e. The van der Waals surface area contributed by atoms with Gasteiger partial charge in [0.1, 0.15) is 16.1 Å². The molecule has 2 aromatic rings. The number of carboxylic acids is 1. The van der Waals surface area contributed by atoms with Crippen molar-refractivity contribution in [3.8, 4) is 0 Å². The Morgan fingerprint density at radius 2 is 2.05 bits per heavy atom. The third-order valence-corrected chi connectivity index (χ3v) is 2.45. The average Bonchev–Trinajstić information content (AvgIpc) is 2.79. The van der Waals surface area contributed by atoms with Gasteiger partial charge < -0.3 is 15.4 Å². The highest BCUT2D eigenvalue weighted by Gasteiger charge is 2.20. The molecule has 0 spiro atoms. The highest BCUT2D eigenvalue weighted by molar-refractivity contribution is 6.35. The van der Waals surface area contributed by atoms with Crippen LogP contribution < -0.4 is 5.73 Å². The zero-order chi connectivity index (χ0) is 15.3. The van der Waals surface area contributed by atoms with E-state index < -0.39 is 11.9 Å². The van der Waals surface area contributed by atoms with Crippen molar-refractivity contribution in [2.45, 2.75) is 6.92 Å². The number of primary amides is 1. The Kier molecular flexibility index (Phi) is 5.48. The number of nitrogens with zero attached hydrogens (tertiary/aromatic N) is 2. The SMILES string of the molecule is Cc1ccno1.NC(=O)c1c(C(=O)O)cc(Cl)nc1Cl. The Bertz CT molecular complexity index is 629. The van der Waals surface area contributed by atoms with Gasteiger partial charge in [0.15, 0.2) is 0 Å². The van der Waals surface area contributed by atoms with Crippen molar-refractivity contribution in [3.63, 3.8) is 0 Å². The maximum Gasteiger partial charge on any atom is 0.336 e. The fourth-order valence-corrected chi connectivity index (χ4v) is 1.69. The number of pyridine rings is 1. The molecule has 0 radical (unpaired) electrons. The number of aromatic nitrogens is 2. The summed E-state index contributed by atoms with van der Waals surface area (Å²) >= 11 is 11.0. The van der Waals surface area contributed by atoms with E-state index in [0.29, 0.717) is 0 Å². The van der Waals surface area contributed by atoms with E-state index in [1.165, 1.54) is 0 Å². The van der Waals surface area contributed by atoms with Crippen LogP contribution in [-0.4, -0.2) is 27.1 Å². The lowest BCUT2D eigenvalue weighted by molar-refractivity contribution is 0.0692. The van der Waals surface area contributed by atoms with Gasteiger partial charge in [-0.2, -0.15) is 0 Å². The zero-order valence-electron chi connectivity index (χ0n) is 10.1. The Labute approximate surface area is 123 Å². The normalized spacial score (nSPS) is 9.55. The van der Waals surface area contributed by atoms with Crippen LogP contribution in [0.5, 0.6) is 0 Å². The number of aromatic carboxylic acids is 1. The predicted octanol–water partition coefficient (Wildman–Crippen LogP) is 2.17. The summed E-state index contributed by atoms with van der Waals surface area (Å²) in [5.74, 6) is -1.45. The van der Waals surface area contributed by atoms with Gasteiger partial charge in [-0.05, 0) is 13.0 Å². The van der Waals surface area contributed by atoms with E-state index in [1.807, 2.05) is 6.92 Å². The van der Waals surface area contributed by atoms with Gasteiger partial charge in [-0.25, -0.2) is 9.78 Å². The van der Waals surface area contributed by atoms with Gasteiger partial charge in [-0.1, -0.05) is 28.4 Å². The first-order valence-corrected chi connectivity index (χ1v) is 5.85. The molecule has 0 bridgehead atoms. The van der Waals surface area contributed by atoms with E-state index in [2.05, 4.69) is 14.7 Å². The van der Waals surface area contributed by atoms with Crippen LogP contribution >= 0.6 is 23.2 Å². The van der Waals surface area contributed by atoms with Gasteiger partial charge in [0, 0.05) is 6.07 Å². The molecule has 0 aliphatic rings.